The maximum absolute atomic E-state index is 12.0. The van der Waals surface area contributed by atoms with Gasteiger partial charge in [-0.05, 0) is 0 Å². The van der Waals surface area contributed by atoms with Gasteiger partial charge in [-0.3, -0.25) is 9.59 Å². The van der Waals surface area contributed by atoms with Crippen LogP contribution >= 0.6 is 0 Å². The minimum atomic E-state index is -0.351. The summed E-state index contributed by atoms with van der Waals surface area (Å²) in [6, 6.07) is 0. The lowest BCUT2D eigenvalue weighted by Crippen LogP contribution is -2.38. The molecule has 0 atom stereocenters. The van der Waals surface area contributed by atoms with Gasteiger partial charge >= 0.3 is 5.97 Å². The van der Waals surface area contributed by atoms with E-state index in [4.69, 9.17) is 4.74 Å². The Balaban J connectivity index is 2.51. The van der Waals surface area contributed by atoms with E-state index in [1.165, 1.54) is 24.4 Å². The van der Waals surface area contributed by atoms with Crippen molar-refractivity contribution in [2.24, 2.45) is 0 Å². The van der Waals surface area contributed by atoms with E-state index in [2.05, 4.69) is 14.8 Å². The van der Waals surface area contributed by atoms with Crippen molar-refractivity contribution in [3.63, 3.8) is 0 Å². The molecule has 0 fully saturated rings. The standard InChI is InChI=1S/C11H18N4O4/c1-18-6-5-14(4-3-11(17)19-2)10(16)7-15-9-12-8-13-15/h8-9H,3-7H2,1-2H3. The number of carbonyl (C=O) groups excluding carboxylic acids is 2. The van der Waals surface area contributed by atoms with E-state index in [-0.39, 0.29) is 24.8 Å². The molecule has 1 rings (SSSR count). The average Bonchev–Trinajstić information content (AvgIpc) is 2.91. The molecule has 0 spiro atoms. The molecular weight excluding hydrogens is 252 g/mol. The van der Waals surface area contributed by atoms with E-state index >= 15 is 0 Å². The molecular formula is C11H18N4O4. The van der Waals surface area contributed by atoms with Gasteiger partial charge in [-0.15, -0.1) is 0 Å². The minimum absolute atomic E-state index is 0.0882. The Hall–Kier alpha value is -1.96. The van der Waals surface area contributed by atoms with Crippen molar-refractivity contribution < 1.29 is 19.1 Å². The predicted molar refractivity (Wildman–Crippen MR) is 65.1 cm³/mol. The fraction of sp³-hybridized carbons (Fsp3) is 0.636. The van der Waals surface area contributed by atoms with Crippen molar-refractivity contribution >= 4 is 11.9 Å². The zero-order valence-electron chi connectivity index (χ0n) is 11.1. The molecule has 0 aliphatic rings. The largest absolute Gasteiger partial charge is 0.469 e. The van der Waals surface area contributed by atoms with Crippen LogP contribution in [0.2, 0.25) is 0 Å². The number of carbonyl (C=O) groups is 2. The van der Waals surface area contributed by atoms with Crippen LogP contribution in [0.4, 0.5) is 0 Å². The molecule has 0 N–H and O–H groups in total. The smallest absolute Gasteiger partial charge is 0.307 e. The summed E-state index contributed by atoms with van der Waals surface area (Å²) in [5.74, 6) is -0.498. The van der Waals surface area contributed by atoms with Crippen LogP contribution < -0.4 is 0 Å². The number of nitrogens with zero attached hydrogens (tertiary/aromatic N) is 4. The van der Waals surface area contributed by atoms with E-state index in [9.17, 15) is 9.59 Å². The molecule has 0 unspecified atom stereocenters. The molecule has 1 aromatic rings. The van der Waals surface area contributed by atoms with Gasteiger partial charge in [-0.25, -0.2) is 9.67 Å². The van der Waals surface area contributed by atoms with Gasteiger partial charge in [-0.2, -0.15) is 5.10 Å². The first kappa shape index (κ1) is 15.1. The molecule has 106 valence electrons. The van der Waals surface area contributed by atoms with Gasteiger partial charge in [0.05, 0.1) is 20.1 Å². The third-order valence-electron chi connectivity index (χ3n) is 2.50. The third kappa shape index (κ3) is 5.47. The van der Waals surface area contributed by atoms with Crippen LogP contribution in [0.25, 0.3) is 0 Å². The summed E-state index contributed by atoms with van der Waals surface area (Å²) >= 11 is 0. The second-order valence-electron chi connectivity index (χ2n) is 3.79. The van der Waals surface area contributed by atoms with E-state index in [0.717, 1.165) is 0 Å². The Bertz CT molecular complexity index is 393. The molecule has 1 amide bonds. The van der Waals surface area contributed by atoms with Crippen molar-refractivity contribution in [3.8, 4) is 0 Å². The predicted octanol–water partition coefficient (Wildman–Crippen LogP) is -0.684. The van der Waals surface area contributed by atoms with Crippen LogP contribution in [0.5, 0.6) is 0 Å². The monoisotopic (exact) mass is 270 g/mol. The zero-order valence-corrected chi connectivity index (χ0v) is 11.1. The van der Waals surface area contributed by atoms with Gasteiger partial charge in [0, 0.05) is 20.2 Å². The maximum atomic E-state index is 12.0. The average molecular weight is 270 g/mol. The third-order valence-corrected chi connectivity index (χ3v) is 2.50. The zero-order chi connectivity index (χ0) is 14.1. The molecule has 0 radical (unpaired) electrons. The van der Waals surface area contributed by atoms with Crippen molar-refractivity contribution in [2.45, 2.75) is 13.0 Å². The van der Waals surface area contributed by atoms with Gasteiger partial charge in [0.2, 0.25) is 5.91 Å². The Kier molecular flexibility index (Phi) is 6.51. The summed E-state index contributed by atoms with van der Waals surface area (Å²) in [4.78, 5) is 28.5. The molecule has 0 aliphatic carbocycles. The normalized spacial score (nSPS) is 10.2. The molecule has 0 aromatic carbocycles. The van der Waals surface area contributed by atoms with Gasteiger partial charge in [0.1, 0.15) is 19.2 Å². The molecule has 0 saturated carbocycles. The van der Waals surface area contributed by atoms with E-state index in [0.29, 0.717) is 19.7 Å². The number of aromatic nitrogens is 3. The number of hydrogen-bond donors (Lipinski definition) is 0. The van der Waals surface area contributed by atoms with Crippen LogP contribution in [0.3, 0.4) is 0 Å². The van der Waals surface area contributed by atoms with Crippen LogP contribution in [-0.2, 0) is 25.6 Å². The van der Waals surface area contributed by atoms with Crippen LogP contribution in [0, 0.1) is 0 Å². The number of hydrogen-bond acceptors (Lipinski definition) is 6. The fourth-order valence-electron chi connectivity index (χ4n) is 1.44. The highest BCUT2D eigenvalue weighted by Crippen LogP contribution is 1.97. The lowest BCUT2D eigenvalue weighted by atomic mass is 10.3. The summed E-state index contributed by atoms with van der Waals surface area (Å²) in [7, 11) is 2.87. The number of ether oxygens (including phenoxy) is 2. The summed E-state index contributed by atoms with van der Waals surface area (Å²) in [5.41, 5.74) is 0. The van der Waals surface area contributed by atoms with Gasteiger partial charge in [0.25, 0.3) is 0 Å². The molecule has 0 bridgehead atoms. The second kappa shape index (κ2) is 8.20. The highest BCUT2D eigenvalue weighted by atomic mass is 16.5. The van der Waals surface area contributed by atoms with Crippen LogP contribution in [-0.4, -0.2) is 65.5 Å². The van der Waals surface area contributed by atoms with E-state index < -0.39 is 0 Å². The van der Waals surface area contributed by atoms with Gasteiger partial charge in [0.15, 0.2) is 0 Å². The van der Waals surface area contributed by atoms with Gasteiger partial charge < -0.3 is 14.4 Å². The molecule has 1 heterocycles. The first-order valence-electron chi connectivity index (χ1n) is 5.83. The Morgan fingerprint density at radius 3 is 2.68 bits per heavy atom. The SMILES string of the molecule is COCCN(CCC(=O)OC)C(=O)Cn1cncn1. The molecule has 0 saturated heterocycles. The first-order valence-corrected chi connectivity index (χ1v) is 5.83. The minimum Gasteiger partial charge on any atom is -0.469 e. The Morgan fingerprint density at radius 2 is 2.11 bits per heavy atom. The van der Waals surface area contributed by atoms with Crippen molar-refractivity contribution in [1.29, 1.82) is 0 Å². The van der Waals surface area contributed by atoms with Crippen molar-refractivity contribution in [1.82, 2.24) is 19.7 Å². The molecule has 8 heteroatoms. The maximum Gasteiger partial charge on any atom is 0.307 e. The first-order chi connectivity index (χ1) is 9.17. The molecule has 1 aromatic heterocycles. The summed E-state index contributed by atoms with van der Waals surface area (Å²) in [6.07, 6.45) is 2.98. The Labute approximate surface area is 111 Å². The summed E-state index contributed by atoms with van der Waals surface area (Å²) in [5, 5.41) is 3.87. The topological polar surface area (TPSA) is 86.5 Å². The molecule has 8 nitrogen and oxygen atoms in total. The number of rotatable bonds is 8. The van der Waals surface area contributed by atoms with Crippen molar-refractivity contribution in [2.75, 3.05) is 33.9 Å². The fourth-order valence-corrected chi connectivity index (χ4v) is 1.44. The number of methoxy groups -OCH3 is 2. The quantitative estimate of drug-likeness (QED) is 0.581. The lowest BCUT2D eigenvalue weighted by molar-refractivity contribution is -0.142. The van der Waals surface area contributed by atoms with E-state index in [1.807, 2.05) is 0 Å². The molecule has 19 heavy (non-hydrogen) atoms. The second-order valence-corrected chi connectivity index (χ2v) is 3.79. The van der Waals surface area contributed by atoms with E-state index in [1.54, 1.807) is 12.0 Å². The highest BCUT2D eigenvalue weighted by molar-refractivity contribution is 5.77. The molecule has 0 aliphatic heterocycles. The number of esters is 1. The summed E-state index contributed by atoms with van der Waals surface area (Å²) in [6.45, 7) is 1.21. The van der Waals surface area contributed by atoms with Gasteiger partial charge in [-0.1, -0.05) is 0 Å². The van der Waals surface area contributed by atoms with Crippen LogP contribution in [0.15, 0.2) is 12.7 Å². The lowest BCUT2D eigenvalue weighted by Gasteiger charge is -2.21. The summed E-state index contributed by atoms with van der Waals surface area (Å²) < 4.78 is 10.9. The van der Waals surface area contributed by atoms with Crippen LogP contribution in [0.1, 0.15) is 6.42 Å². The van der Waals surface area contributed by atoms with Crippen molar-refractivity contribution in [3.05, 3.63) is 12.7 Å². The number of amides is 1. The highest BCUT2D eigenvalue weighted by Gasteiger charge is 2.15. The Morgan fingerprint density at radius 1 is 1.32 bits per heavy atom.